The van der Waals surface area contributed by atoms with Gasteiger partial charge in [0.05, 0.1) is 16.2 Å². The first-order valence-corrected chi connectivity index (χ1v) is 6.21. The van der Waals surface area contributed by atoms with Gasteiger partial charge in [0, 0.05) is 5.69 Å². The molecule has 1 aromatic carbocycles. The van der Waals surface area contributed by atoms with Gasteiger partial charge in [-0.05, 0) is 31.0 Å². The van der Waals surface area contributed by atoms with Gasteiger partial charge in [-0.2, -0.15) is 0 Å². The first-order valence-electron chi connectivity index (χ1n) is 4.73. The van der Waals surface area contributed by atoms with Gasteiger partial charge in [-0.15, -0.1) is 0 Å². The second-order valence-electron chi connectivity index (χ2n) is 3.92. The maximum absolute atomic E-state index is 12.1. The summed E-state index contributed by atoms with van der Waals surface area (Å²) >= 11 is 0. The minimum Gasteiger partial charge on any atom is -0.399 e. The van der Waals surface area contributed by atoms with Gasteiger partial charge in [-0.1, -0.05) is 6.07 Å². The van der Waals surface area contributed by atoms with Gasteiger partial charge in [0.15, 0.2) is 9.84 Å². The van der Waals surface area contributed by atoms with Gasteiger partial charge in [0.2, 0.25) is 0 Å². The highest BCUT2D eigenvalue weighted by atomic mass is 32.2. The summed E-state index contributed by atoms with van der Waals surface area (Å²) < 4.78 is 23.2. The number of aliphatic hydroxyl groups excluding tert-OH is 1. The molecular weight excluding hydrogens is 214 g/mol. The molecule has 3 N–H and O–H groups in total. The summed E-state index contributed by atoms with van der Waals surface area (Å²) in [5.41, 5.74) is 5.95. The maximum Gasteiger partial charge on any atom is 0.186 e. The number of nitrogen functional groups attached to an aromatic ring is 1. The van der Waals surface area contributed by atoms with Crippen LogP contribution in [0.2, 0.25) is 0 Å². The lowest BCUT2D eigenvalue weighted by molar-refractivity contribution is 0.283. The Hall–Kier alpha value is -1.07. The minimum atomic E-state index is -3.43. The maximum atomic E-state index is 12.1. The topological polar surface area (TPSA) is 80.4 Å². The molecule has 4 nitrogen and oxygen atoms in total. The van der Waals surface area contributed by atoms with Crippen LogP contribution < -0.4 is 5.73 Å². The highest BCUT2D eigenvalue weighted by Gasteiger charge is 2.54. The molecule has 0 spiro atoms. The van der Waals surface area contributed by atoms with Gasteiger partial charge < -0.3 is 10.8 Å². The molecule has 1 aromatic rings. The zero-order valence-electron chi connectivity index (χ0n) is 8.18. The molecule has 0 aliphatic heterocycles. The largest absolute Gasteiger partial charge is 0.399 e. The summed E-state index contributed by atoms with van der Waals surface area (Å²) in [7, 11) is -3.43. The molecule has 2 rings (SSSR count). The highest BCUT2D eigenvalue weighted by molar-refractivity contribution is 7.93. The van der Waals surface area contributed by atoms with Crippen molar-refractivity contribution in [2.45, 2.75) is 22.5 Å². The Kier molecular flexibility index (Phi) is 2.24. The Morgan fingerprint density at radius 3 is 2.53 bits per heavy atom. The van der Waals surface area contributed by atoms with Crippen LogP contribution >= 0.6 is 0 Å². The van der Waals surface area contributed by atoms with Crippen molar-refractivity contribution in [1.29, 1.82) is 0 Å². The van der Waals surface area contributed by atoms with E-state index in [2.05, 4.69) is 0 Å². The van der Waals surface area contributed by atoms with E-state index >= 15 is 0 Å². The van der Waals surface area contributed by atoms with Crippen LogP contribution in [-0.2, 0) is 9.84 Å². The number of rotatable bonds is 3. The van der Waals surface area contributed by atoms with E-state index in [9.17, 15) is 8.42 Å². The van der Waals surface area contributed by atoms with Crippen molar-refractivity contribution in [1.82, 2.24) is 0 Å². The summed E-state index contributed by atoms with van der Waals surface area (Å²) in [6.45, 7) is -0.315. The van der Waals surface area contributed by atoms with Crippen LogP contribution in [0.3, 0.4) is 0 Å². The van der Waals surface area contributed by atoms with E-state index in [-0.39, 0.29) is 11.5 Å². The monoisotopic (exact) mass is 227 g/mol. The molecule has 0 bridgehead atoms. The lowest BCUT2D eigenvalue weighted by Crippen LogP contribution is -2.27. The third kappa shape index (κ3) is 1.52. The van der Waals surface area contributed by atoms with E-state index in [1.165, 1.54) is 12.1 Å². The Bertz CT molecular complexity index is 477. The second-order valence-corrected chi connectivity index (χ2v) is 6.26. The van der Waals surface area contributed by atoms with Crippen molar-refractivity contribution < 1.29 is 13.5 Å². The van der Waals surface area contributed by atoms with Crippen LogP contribution in [0.5, 0.6) is 0 Å². The van der Waals surface area contributed by atoms with Crippen molar-refractivity contribution in [3.05, 3.63) is 24.3 Å². The van der Waals surface area contributed by atoms with E-state index < -0.39 is 14.6 Å². The molecule has 1 aliphatic rings. The number of aliphatic hydroxyl groups is 1. The van der Waals surface area contributed by atoms with Crippen LogP contribution in [0.15, 0.2) is 29.2 Å². The zero-order chi connectivity index (χ0) is 11.1. The fraction of sp³-hybridized carbons (Fsp3) is 0.400. The zero-order valence-corrected chi connectivity index (χ0v) is 9.00. The van der Waals surface area contributed by atoms with Crippen LogP contribution in [0.25, 0.3) is 0 Å². The Morgan fingerprint density at radius 1 is 1.40 bits per heavy atom. The third-order valence-corrected chi connectivity index (χ3v) is 5.39. The molecule has 0 atom stereocenters. The molecular formula is C10H13NO3S. The highest BCUT2D eigenvalue weighted by Crippen LogP contribution is 2.46. The summed E-state index contributed by atoms with van der Waals surface area (Å²) in [4.78, 5) is 0.203. The van der Waals surface area contributed by atoms with Crippen molar-refractivity contribution in [2.75, 3.05) is 12.3 Å². The molecule has 0 unspecified atom stereocenters. The number of hydrogen-bond donors (Lipinski definition) is 2. The first-order chi connectivity index (χ1) is 7.02. The molecule has 0 aromatic heterocycles. The molecule has 82 valence electrons. The van der Waals surface area contributed by atoms with E-state index in [0.717, 1.165) is 0 Å². The number of anilines is 1. The van der Waals surface area contributed by atoms with Crippen LogP contribution in [0.4, 0.5) is 5.69 Å². The number of sulfone groups is 1. The quantitative estimate of drug-likeness (QED) is 0.740. The predicted molar refractivity (Wildman–Crippen MR) is 57.1 cm³/mol. The van der Waals surface area contributed by atoms with Crippen molar-refractivity contribution in [3.8, 4) is 0 Å². The molecule has 0 amide bonds. The van der Waals surface area contributed by atoms with E-state index in [0.29, 0.717) is 18.5 Å². The molecule has 15 heavy (non-hydrogen) atoms. The molecule has 0 heterocycles. The third-order valence-electron chi connectivity index (χ3n) is 2.83. The Morgan fingerprint density at radius 2 is 2.07 bits per heavy atom. The van der Waals surface area contributed by atoms with Gasteiger partial charge >= 0.3 is 0 Å². The second kappa shape index (κ2) is 3.21. The molecule has 0 radical (unpaired) electrons. The standard InChI is InChI=1S/C10H13NO3S/c11-8-2-1-3-9(6-8)15(13,14)10(7-12)4-5-10/h1-3,6,12H,4-5,7,11H2. The number of hydrogen-bond acceptors (Lipinski definition) is 4. The fourth-order valence-electron chi connectivity index (χ4n) is 1.58. The predicted octanol–water partition coefficient (Wildman–Crippen LogP) is 0.567. The fourth-order valence-corrected chi connectivity index (χ4v) is 3.44. The lowest BCUT2D eigenvalue weighted by Gasteiger charge is -2.13. The lowest BCUT2D eigenvalue weighted by atomic mass is 10.3. The number of nitrogens with two attached hydrogens (primary N) is 1. The summed E-state index contributed by atoms with van der Waals surface area (Å²) in [6.07, 6.45) is 1.06. The first kappa shape index (κ1) is 10.4. The van der Waals surface area contributed by atoms with Crippen LogP contribution in [0.1, 0.15) is 12.8 Å². The number of benzene rings is 1. The van der Waals surface area contributed by atoms with Crippen molar-refractivity contribution in [3.63, 3.8) is 0 Å². The summed E-state index contributed by atoms with van der Waals surface area (Å²) in [5.74, 6) is 0. The minimum absolute atomic E-state index is 0.203. The van der Waals surface area contributed by atoms with E-state index in [4.69, 9.17) is 10.8 Å². The Balaban J connectivity index is 2.47. The molecule has 1 saturated carbocycles. The summed E-state index contributed by atoms with van der Waals surface area (Å²) in [5, 5.41) is 9.11. The Labute approximate surface area is 88.6 Å². The average molecular weight is 227 g/mol. The van der Waals surface area contributed by atoms with Gasteiger partial charge in [0.25, 0.3) is 0 Å². The van der Waals surface area contributed by atoms with Gasteiger partial charge in [-0.25, -0.2) is 8.42 Å². The van der Waals surface area contributed by atoms with Crippen molar-refractivity contribution in [2.24, 2.45) is 0 Å². The van der Waals surface area contributed by atoms with Crippen molar-refractivity contribution >= 4 is 15.5 Å². The summed E-state index contributed by atoms with van der Waals surface area (Å²) in [6, 6.07) is 6.19. The molecule has 5 heteroatoms. The van der Waals surface area contributed by atoms with Crippen LogP contribution in [-0.4, -0.2) is 24.9 Å². The average Bonchev–Trinajstić information content (AvgIpc) is 2.98. The SMILES string of the molecule is Nc1cccc(S(=O)(=O)C2(CO)CC2)c1. The molecule has 1 fully saturated rings. The van der Waals surface area contributed by atoms with E-state index in [1.54, 1.807) is 12.1 Å². The van der Waals surface area contributed by atoms with E-state index in [1.807, 2.05) is 0 Å². The van der Waals surface area contributed by atoms with Gasteiger partial charge in [0.1, 0.15) is 0 Å². The molecule has 0 saturated heterocycles. The molecule has 1 aliphatic carbocycles. The van der Waals surface area contributed by atoms with Crippen LogP contribution in [0, 0.1) is 0 Å². The normalized spacial score (nSPS) is 18.7. The van der Waals surface area contributed by atoms with Gasteiger partial charge in [-0.3, -0.25) is 0 Å². The smallest absolute Gasteiger partial charge is 0.186 e.